The zero-order valence-corrected chi connectivity index (χ0v) is 10.8. The Balaban J connectivity index is 2.53. The molecule has 0 amide bonds. The lowest BCUT2D eigenvalue weighted by molar-refractivity contribution is 0.198. The van der Waals surface area contributed by atoms with E-state index in [-0.39, 0.29) is 0 Å². The summed E-state index contributed by atoms with van der Waals surface area (Å²) in [6.07, 6.45) is 1.04. The molecule has 2 heteroatoms. The van der Waals surface area contributed by atoms with E-state index in [2.05, 4.69) is 44.3 Å². The molecule has 1 N–H and O–H groups in total. The smallest absolute Gasteiger partial charge is 0.0479 e. The number of benzene rings is 1. The third-order valence-corrected chi connectivity index (χ3v) is 2.75. The first-order valence-corrected chi connectivity index (χ1v) is 5.98. The Hall–Kier alpha value is -1.02. The molecule has 0 atom stereocenters. The zero-order valence-electron chi connectivity index (χ0n) is 10.8. The predicted octanol–water partition coefficient (Wildman–Crippen LogP) is 3.57. The van der Waals surface area contributed by atoms with Crippen LogP contribution in [0.5, 0.6) is 0 Å². The maximum atomic E-state index is 5.01. The van der Waals surface area contributed by atoms with Crippen molar-refractivity contribution in [1.82, 2.24) is 0 Å². The third kappa shape index (κ3) is 3.86. The number of hydrogen-bond acceptors (Lipinski definition) is 2. The Kier molecular flexibility index (Phi) is 5.33. The maximum absolute atomic E-state index is 5.01. The fourth-order valence-corrected chi connectivity index (χ4v) is 1.88. The van der Waals surface area contributed by atoms with Crippen molar-refractivity contribution in [2.45, 2.75) is 33.1 Å². The Morgan fingerprint density at radius 2 is 2.06 bits per heavy atom. The van der Waals surface area contributed by atoms with Crippen LogP contribution in [0.3, 0.4) is 0 Å². The molecule has 0 unspecified atom stereocenters. The predicted molar refractivity (Wildman–Crippen MR) is 70.3 cm³/mol. The lowest BCUT2D eigenvalue weighted by Gasteiger charge is -2.12. The van der Waals surface area contributed by atoms with E-state index in [0.717, 1.165) is 19.6 Å². The minimum atomic E-state index is 0.600. The summed E-state index contributed by atoms with van der Waals surface area (Å²) in [6, 6.07) is 6.61. The van der Waals surface area contributed by atoms with Gasteiger partial charge in [0.05, 0.1) is 0 Å². The highest BCUT2D eigenvalue weighted by molar-refractivity contribution is 5.49. The number of anilines is 1. The van der Waals surface area contributed by atoms with Gasteiger partial charge in [-0.25, -0.2) is 0 Å². The molecule has 0 aromatic heterocycles. The van der Waals surface area contributed by atoms with Gasteiger partial charge in [0.25, 0.3) is 0 Å². The van der Waals surface area contributed by atoms with Crippen LogP contribution in [0, 0.1) is 6.92 Å². The van der Waals surface area contributed by atoms with Crippen LogP contribution in [0.15, 0.2) is 18.2 Å². The molecule has 90 valence electrons. The van der Waals surface area contributed by atoms with E-state index in [1.807, 2.05) is 0 Å². The van der Waals surface area contributed by atoms with Gasteiger partial charge in [-0.3, -0.25) is 0 Å². The van der Waals surface area contributed by atoms with Gasteiger partial charge >= 0.3 is 0 Å². The van der Waals surface area contributed by atoms with Crippen LogP contribution in [-0.4, -0.2) is 20.3 Å². The van der Waals surface area contributed by atoms with E-state index in [9.17, 15) is 0 Å². The first kappa shape index (κ1) is 13.0. The van der Waals surface area contributed by atoms with Crippen molar-refractivity contribution in [2.24, 2.45) is 0 Å². The molecule has 0 aliphatic heterocycles. The van der Waals surface area contributed by atoms with E-state index < -0.39 is 0 Å². The van der Waals surface area contributed by atoms with Crippen molar-refractivity contribution in [3.63, 3.8) is 0 Å². The van der Waals surface area contributed by atoms with E-state index in [4.69, 9.17) is 4.74 Å². The van der Waals surface area contributed by atoms with E-state index in [1.54, 1.807) is 7.11 Å². The molecule has 0 heterocycles. The molecule has 0 aliphatic rings. The van der Waals surface area contributed by atoms with Gasteiger partial charge in [-0.15, -0.1) is 0 Å². The molecule has 2 nitrogen and oxygen atoms in total. The lowest BCUT2D eigenvalue weighted by atomic mass is 9.98. The fourth-order valence-electron chi connectivity index (χ4n) is 1.88. The molecular weight excluding hydrogens is 198 g/mol. The quantitative estimate of drug-likeness (QED) is 0.741. The van der Waals surface area contributed by atoms with Gasteiger partial charge in [0, 0.05) is 25.9 Å². The van der Waals surface area contributed by atoms with Crippen LogP contribution in [0.25, 0.3) is 0 Å². The summed E-state index contributed by atoms with van der Waals surface area (Å²) in [5, 5.41) is 3.41. The van der Waals surface area contributed by atoms with Gasteiger partial charge < -0.3 is 10.1 Å². The molecule has 0 saturated heterocycles. The SMILES string of the molecule is COCCCNc1ccc(C(C)C)c(C)c1. The van der Waals surface area contributed by atoms with Crippen molar-refractivity contribution >= 4 is 5.69 Å². The van der Waals surface area contributed by atoms with Gasteiger partial charge in [0.2, 0.25) is 0 Å². The molecule has 0 saturated carbocycles. The Morgan fingerprint density at radius 3 is 2.62 bits per heavy atom. The summed E-state index contributed by atoms with van der Waals surface area (Å²) in [5.74, 6) is 0.600. The van der Waals surface area contributed by atoms with Gasteiger partial charge in [-0.05, 0) is 42.5 Å². The molecular formula is C14H23NO. The summed E-state index contributed by atoms with van der Waals surface area (Å²) >= 11 is 0. The van der Waals surface area contributed by atoms with Crippen LogP contribution in [0.2, 0.25) is 0 Å². The molecule has 16 heavy (non-hydrogen) atoms. The van der Waals surface area contributed by atoms with Crippen LogP contribution >= 0.6 is 0 Å². The highest BCUT2D eigenvalue weighted by Crippen LogP contribution is 2.22. The van der Waals surface area contributed by atoms with Gasteiger partial charge in [0.15, 0.2) is 0 Å². The van der Waals surface area contributed by atoms with Crippen molar-refractivity contribution in [1.29, 1.82) is 0 Å². The monoisotopic (exact) mass is 221 g/mol. The fraction of sp³-hybridized carbons (Fsp3) is 0.571. The Bertz CT molecular complexity index is 321. The topological polar surface area (TPSA) is 21.3 Å². The summed E-state index contributed by atoms with van der Waals surface area (Å²) < 4.78 is 5.01. The van der Waals surface area contributed by atoms with Crippen molar-refractivity contribution in [3.05, 3.63) is 29.3 Å². The summed E-state index contributed by atoms with van der Waals surface area (Å²) in [7, 11) is 1.74. The number of hydrogen-bond donors (Lipinski definition) is 1. The van der Waals surface area contributed by atoms with E-state index >= 15 is 0 Å². The molecule has 0 radical (unpaired) electrons. The molecule has 0 bridgehead atoms. The molecule has 1 aromatic rings. The second-order valence-electron chi connectivity index (χ2n) is 4.50. The number of aryl methyl sites for hydroxylation is 1. The Morgan fingerprint density at radius 1 is 1.31 bits per heavy atom. The molecule has 0 fully saturated rings. The van der Waals surface area contributed by atoms with E-state index in [0.29, 0.717) is 5.92 Å². The standard InChI is InChI=1S/C14H23NO/c1-11(2)14-7-6-13(10-12(14)3)15-8-5-9-16-4/h6-7,10-11,15H,5,8-9H2,1-4H3. The Labute approximate surface area is 99.0 Å². The molecule has 1 aromatic carbocycles. The molecule has 0 spiro atoms. The largest absolute Gasteiger partial charge is 0.385 e. The summed E-state index contributed by atoms with van der Waals surface area (Å²) in [6.45, 7) is 8.42. The van der Waals surface area contributed by atoms with Crippen molar-refractivity contribution < 1.29 is 4.74 Å². The van der Waals surface area contributed by atoms with Crippen LogP contribution in [0.4, 0.5) is 5.69 Å². The average Bonchev–Trinajstić information content (AvgIpc) is 2.24. The first-order valence-electron chi connectivity index (χ1n) is 5.98. The normalized spacial score (nSPS) is 10.8. The molecule has 0 aliphatic carbocycles. The van der Waals surface area contributed by atoms with Gasteiger partial charge in [-0.2, -0.15) is 0 Å². The third-order valence-electron chi connectivity index (χ3n) is 2.75. The average molecular weight is 221 g/mol. The highest BCUT2D eigenvalue weighted by Gasteiger charge is 2.03. The second kappa shape index (κ2) is 6.54. The van der Waals surface area contributed by atoms with Crippen LogP contribution in [0.1, 0.15) is 37.3 Å². The number of ether oxygens (including phenoxy) is 1. The zero-order chi connectivity index (χ0) is 12.0. The second-order valence-corrected chi connectivity index (χ2v) is 4.50. The highest BCUT2D eigenvalue weighted by atomic mass is 16.5. The van der Waals surface area contributed by atoms with Crippen molar-refractivity contribution in [2.75, 3.05) is 25.6 Å². The van der Waals surface area contributed by atoms with Crippen LogP contribution in [-0.2, 0) is 4.74 Å². The number of rotatable bonds is 6. The summed E-state index contributed by atoms with van der Waals surface area (Å²) in [5.41, 5.74) is 4.01. The minimum Gasteiger partial charge on any atom is -0.385 e. The minimum absolute atomic E-state index is 0.600. The number of nitrogens with one attached hydrogen (secondary N) is 1. The van der Waals surface area contributed by atoms with Crippen molar-refractivity contribution in [3.8, 4) is 0 Å². The first-order chi connectivity index (χ1) is 7.65. The van der Waals surface area contributed by atoms with Crippen LogP contribution < -0.4 is 5.32 Å². The number of methoxy groups -OCH3 is 1. The maximum Gasteiger partial charge on any atom is 0.0479 e. The molecule has 1 rings (SSSR count). The van der Waals surface area contributed by atoms with Gasteiger partial charge in [0.1, 0.15) is 0 Å². The summed E-state index contributed by atoms with van der Waals surface area (Å²) in [4.78, 5) is 0. The van der Waals surface area contributed by atoms with Gasteiger partial charge in [-0.1, -0.05) is 19.9 Å². The lowest BCUT2D eigenvalue weighted by Crippen LogP contribution is -2.05. The van der Waals surface area contributed by atoms with E-state index in [1.165, 1.54) is 16.8 Å².